The molecule has 1 aromatic rings. The summed E-state index contributed by atoms with van der Waals surface area (Å²) in [5.41, 5.74) is 0.415. The molecule has 2 N–H and O–H groups in total. The molecule has 154 valence electrons. The van der Waals surface area contributed by atoms with Crippen molar-refractivity contribution < 1.29 is 17.9 Å². The van der Waals surface area contributed by atoms with Crippen LogP contribution in [0.3, 0.4) is 0 Å². The van der Waals surface area contributed by atoms with E-state index in [2.05, 4.69) is 10.0 Å². The zero-order valence-corrected chi connectivity index (χ0v) is 17.7. The first-order valence-corrected chi connectivity index (χ1v) is 10.7. The molecule has 7 nitrogen and oxygen atoms in total. The van der Waals surface area contributed by atoms with Crippen LogP contribution < -0.4 is 14.8 Å². The Labute approximate surface area is 168 Å². The third kappa shape index (κ3) is 7.56. The monoisotopic (exact) mass is 419 g/mol. The van der Waals surface area contributed by atoms with Crippen LogP contribution in [-0.4, -0.2) is 56.8 Å². The van der Waals surface area contributed by atoms with E-state index < -0.39 is 15.8 Å². The molecule has 0 aliphatic carbocycles. The van der Waals surface area contributed by atoms with Gasteiger partial charge in [-0.25, -0.2) is 8.42 Å². The molecule has 0 saturated carbocycles. The van der Waals surface area contributed by atoms with Gasteiger partial charge < -0.3 is 15.0 Å². The highest BCUT2D eigenvalue weighted by molar-refractivity contribution is 7.93. The molecule has 1 aromatic carbocycles. The van der Waals surface area contributed by atoms with Crippen LogP contribution in [0.4, 0.5) is 5.69 Å². The Morgan fingerprint density at radius 2 is 2.00 bits per heavy atom. The van der Waals surface area contributed by atoms with Gasteiger partial charge in [-0.1, -0.05) is 6.92 Å². The summed E-state index contributed by atoms with van der Waals surface area (Å²) in [6.07, 6.45) is 1.70. The first kappa shape index (κ1) is 23.5. The Bertz CT molecular complexity index is 689. The summed E-state index contributed by atoms with van der Waals surface area (Å²) in [5.74, 6) is -0.233. The molecule has 0 aromatic heterocycles. The van der Waals surface area contributed by atoms with Crippen molar-refractivity contribution in [3.63, 3.8) is 0 Å². The molecule has 1 fully saturated rings. The Morgan fingerprint density at radius 3 is 2.52 bits per heavy atom. The number of nitrogens with zero attached hydrogens (tertiary/aromatic N) is 1. The summed E-state index contributed by atoms with van der Waals surface area (Å²) in [6, 6.07) is 6.74. The fourth-order valence-electron chi connectivity index (χ4n) is 2.99. The van der Waals surface area contributed by atoms with Crippen LogP contribution in [-0.2, 0) is 14.8 Å². The van der Waals surface area contributed by atoms with Crippen molar-refractivity contribution in [1.29, 1.82) is 0 Å². The minimum Gasteiger partial charge on any atom is -0.491 e. The number of sulfonamides is 1. The minimum atomic E-state index is -3.77. The first-order valence-electron chi connectivity index (χ1n) is 9.08. The number of carbonyl (C=O) groups is 1. The number of nitrogens with one attached hydrogen (secondary N) is 2. The van der Waals surface area contributed by atoms with E-state index in [4.69, 9.17) is 4.74 Å². The summed E-state index contributed by atoms with van der Waals surface area (Å²) < 4.78 is 32.8. The van der Waals surface area contributed by atoms with E-state index in [-0.39, 0.29) is 30.5 Å². The van der Waals surface area contributed by atoms with Crippen LogP contribution in [0.2, 0.25) is 0 Å². The smallest absolute Gasteiger partial charge is 0.241 e. The largest absolute Gasteiger partial charge is 0.491 e. The average molecular weight is 420 g/mol. The molecule has 0 radical (unpaired) electrons. The van der Waals surface area contributed by atoms with Gasteiger partial charge in [0.1, 0.15) is 11.5 Å². The van der Waals surface area contributed by atoms with Gasteiger partial charge in [0.15, 0.2) is 0 Å². The third-order valence-corrected chi connectivity index (χ3v) is 5.25. The maximum absolute atomic E-state index is 12.6. The van der Waals surface area contributed by atoms with Gasteiger partial charge in [-0.3, -0.25) is 9.52 Å². The summed E-state index contributed by atoms with van der Waals surface area (Å²) in [6.45, 7) is 7.97. The standard InChI is InChI=1S/C18H29N3O4S.ClH/c1-4-11-21(16-9-10-19-12-16)18(22)13-26(23,24)20-15-5-7-17(8-6-15)25-14(2)3;/h5-8,14,16,19-20H,4,9-13H2,1-3H3;1H. The molecule has 1 aliphatic heterocycles. The number of carbonyl (C=O) groups excluding carboxylic acids is 1. The molecule has 0 bridgehead atoms. The number of benzene rings is 1. The molecular weight excluding hydrogens is 390 g/mol. The summed E-state index contributed by atoms with van der Waals surface area (Å²) in [4.78, 5) is 14.3. The van der Waals surface area contributed by atoms with Crippen LogP contribution >= 0.6 is 12.4 Å². The molecule has 27 heavy (non-hydrogen) atoms. The topological polar surface area (TPSA) is 87.7 Å². The Kier molecular flexibility index (Phi) is 9.35. The quantitative estimate of drug-likeness (QED) is 0.640. The first-order chi connectivity index (χ1) is 12.3. The SMILES string of the molecule is CCCN(C(=O)CS(=O)(=O)Nc1ccc(OC(C)C)cc1)C1CCNC1.Cl. The van der Waals surface area contributed by atoms with Gasteiger partial charge in [-0.2, -0.15) is 0 Å². The van der Waals surface area contributed by atoms with Gasteiger partial charge in [0.05, 0.1) is 6.10 Å². The van der Waals surface area contributed by atoms with E-state index in [0.29, 0.717) is 18.0 Å². The molecule has 1 amide bonds. The van der Waals surface area contributed by atoms with Crippen molar-refractivity contribution in [2.24, 2.45) is 0 Å². The third-order valence-electron chi connectivity index (χ3n) is 4.07. The summed E-state index contributed by atoms with van der Waals surface area (Å²) in [7, 11) is -3.77. The molecular formula is C18H30ClN3O4S. The Balaban J connectivity index is 0.00000364. The molecule has 9 heteroatoms. The van der Waals surface area contributed by atoms with Gasteiger partial charge in [-0.05, 0) is 57.5 Å². The molecule has 1 atom stereocenters. The van der Waals surface area contributed by atoms with Crippen LogP contribution in [0.15, 0.2) is 24.3 Å². The van der Waals surface area contributed by atoms with Gasteiger partial charge in [-0.15, -0.1) is 12.4 Å². The van der Waals surface area contributed by atoms with E-state index in [9.17, 15) is 13.2 Å². The number of hydrogen-bond donors (Lipinski definition) is 2. The predicted octanol–water partition coefficient (Wildman–Crippen LogP) is 2.24. The van der Waals surface area contributed by atoms with Gasteiger partial charge >= 0.3 is 0 Å². The lowest BCUT2D eigenvalue weighted by Crippen LogP contribution is -2.45. The van der Waals surface area contributed by atoms with E-state index in [1.54, 1.807) is 29.2 Å². The van der Waals surface area contributed by atoms with E-state index in [0.717, 1.165) is 25.9 Å². The second-order valence-corrected chi connectivity index (χ2v) is 8.51. The van der Waals surface area contributed by atoms with Crippen molar-refractivity contribution in [3.05, 3.63) is 24.3 Å². The van der Waals surface area contributed by atoms with Crippen LogP contribution in [0, 0.1) is 0 Å². The Hall–Kier alpha value is -1.51. The van der Waals surface area contributed by atoms with Crippen LogP contribution in [0.5, 0.6) is 5.75 Å². The van der Waals surface area contributed by atoms with Crippen molar-refractivity contribution in [3.8, 4) is 5.75 Å². The number of amides is 1. The zero-order chi connectivity index (χ0) is 19.2. The maximum Gasteiger partial charge on any atom is 0.241 e. The van der Waals surface area contributed by atoms with Crippen molar-refractivity contribution in [2.75, 3.05) is 30.1 Å². The zero-order valence-electron chi connectivity index (χ0n) is 16.1. The summed E-state index contributed by atoms with van der Waals surface area (Å²) in [5, 5.41) is 3.22. The van der Waals surface area contributed by atoms with Crippen molar-refractivity contribution in [1.82, 2.24) is 10.2 Å². The van der Waals surface area contributed by atoms with E-state index >= 15 is 0 Å². The average Bonchev–Trinajstić information content (AvgIpc) is 3.07. The van der Waals surface area contributed by atoms with Crippen LogP contribution in [0.25, 0.3) is 0 Å². The number of halogens is 1. The minimum absolute atomic E-state index is 0. The second-order valence-electron chi connectivity index (χ2n) is 6.79. The summed E-state index contributed by atoms with van der Waals surface area (Å²) >= 11 is 0. The number of rotatable bonds is 9. The molecule has 1 heterocycles. The fourth-order valence-corrected chi connectivity index (χ4v) is 4.05. The lowest BCUT2D eigenvalue weighted by Gasteiger charge is -2.28. The highest BCUT2D eigenvalue weighted by Gasteiger charge is 2.28. The number of ether oxygens (including phenoxy) is 1. The van der Waals surface area contributed by atoms with E-state index in [1.165, 1.54) is 0 Å². The Morgan fingerprint density at radius 1 is 1.33 bits per heavy atom. The van der Waals surface area contributed by atoms with Gasteiger partial charge in [0, 0.05) is 24.8 Å². The van der Waals surface area contributed by atoms with Gasteiger partial charge in [0.25, 0.3) is 0 Å². The molecule has 2 rings (SSSR count). The molecule has 0 spiro atoms. The lowest BCUT2D eigenvalue weighted by atomic mass is 10.2. The van der Waals surface area contributed by atoms with Crippen LogP contribution in [0.1, 0.15) is 33.6 Å². The fraction of sp³-hybridized carbons (Fsp3) is 0.611. The number of anilines is 1. The van der Waals surface area contributed by atoms with Gasteiger partial charge in [0.2, 0.25) is 15.9 Å². The maximum atomic E-state index is 12.6. The molecule has 1 unspecified atom stereocenters. The highest BCUT2D eigenvalue weighted by atomic mass is 35.5. The second kappa shape index (κ2) is 10.7. The molecule has 1 aliphatic rings. The van der Waals surface area contributed by atoms with E-state index in [1.807, 2.05) is 20.8 Å². The van der Waals surface area contributed by atoms with Crippen molar-refractivity contribution >= 4 is 34.0 Å². The predicted molar refractivity (Wildman–Crippen MR) is 110 cm³/mol. The highest BCUT2D eigenvalue weighted by Crippen LogP contribution is 2.18. The molecule has 1 saturated heterocycles. The van der Waals surface area contributed by atoms with Crippen molar-refractivity contribution in [2.45, 2.75) is 45.8 Å². The number of hydrogen-bond acceptors (Lipinski definition) is 5. The lowest BCUT2D eigenvalue weighted by molar-refractivity contribution is -0.130. The normalized spacial score (nSPS) is 16.7.